The molecule has 5 heteroatoms. The van der Waals surface area contributed by atoms with E-state index in [1.807, 2.05) is 36.4 Å². The van der Waals surface area contributed by atoms with Crippen molar-refractivity contribution < 1.29 is 4.79 Å². The number of halogens is 1. The van der Waals surface area contributed by atoms with Gasteiger partial charge in [0.2, 0.25) is 0 Å². The van der Waals surface area contributed by atoms with Crippen LogP contribution in [0.3, 0.4) is 0 Å². The van der Waals surface area contributed by atoms with E-state index in [1.165, 1.54) is 0 Å². The molecular weight excluding hydrogens is 408 g/mol. The van der Waals surface area contributed by atoms with Crippen molar-refractivity contribution in [3.63, 3.8) is 0 Å². The molecule has 1 aliphatic carbocycles. The van der Waals surface area contributed by atoms with E-state index in [2.05, 4.69) is 45.2 Å². The van der Waals surface area contributed by atoms with E-state index in [9.17, 15) is 10.1 Å². The van der Waals surface area contributed by atoms with E-state index in [1.54, 1.807) is 11.8 Å². The molecule has 5 rings (SSSR count). The van der Waals surface area contributed by atoms with Gasteiger partial charge in [-0.15, -0.1) is 0 Å². The van der Waals surface area contributed by atoms with Crippen LogP contribution in [0, 0.1) is 11.3 Å². The SMILES string of the molecule is N#CC1=C2C(=NC1=O)c1cccc3c(Sc4ccc(Br)cc4)ccc2c13. The summed E-state index contributed by atoms with van der Waals surface area (Å²) in [7, 11) is 0. The maximum atomic E-state index is 12.0. The number of rotatable bonds is 2. The third-order valence-electron chi connectivity index (χ3n) is 4.59. The number of nitrogens with zero attached hydrogens (tertiary/aromatic N) is 2. The average Bonchev–Trinajstić information content (AvgIpc) is 3.14. The summed E-state index contributed by atoms with van der Waals surface area (Å²) in [5.74, 6) is -0.437. The van der Waals surface area contributed by atoms with E-state index in [4.69, 9.17) is 0 Å². The predicted molar refractivity (Wildman–Crippen MR) is 106 cm³/mol. The molecule has 1 amide bonds. The molecule has 2 aliphatic rings. The number of aliphatic imine (C=N–C) groups is 1. The van der Waals surface area contributed by atoms with Crippen LogP contribution in [0.4, 0.5) is 0 Å². The van der Waals surface area contributed by atoms with Gasteiger partial charge in [0.25, 0.3) is 5.91 Å². The van der Waals surface area contributed by atoms with Gasteiger partial charge in [-0.2, -0.15) is 5.26 Å². The summed E-state index contributed by atoms with van der Waals surface area (Å²) in [4.78, 5) is 18.4. The van der Waals surface area contributed by atoms with Crippen LogP contribution in [0.5, 0.6) is 0 Å². The van der Waals surface area contributed by atoms with Crippen LogP contribution < -0.4 is 0 Å². The molecule has 26 heavy (non-hydrogen) atoms. The highest BCUT2D eigenvalue weighted by atomic mass is 79.9. The lowest BCUT2D eigenvalue weighted by Crippen LogP contribution is -1.93. The lowest BCUT2D eigenvalue weighted by molar-refractivity contribution is -0.113. The first-order valence-electron chi connectivity index (χ1n) is 7.95. The van der Waals surface area contributed by atoms with Gasteiger partial charge in [0.1, 0.15) is 11.6 Å². The Kier molecular flexibility index (Phi) is 3.39. The van der Waals surface area contributed by atoms with Crippen molar-refractivity contribution in [1.82, 2.24) is 0 Å². The molecule has 3 aromatic rings. The zero-order chi connectivity index (χ0) is 17.8. The summed E-state index contributed by atoms with van der Waals surface area (Å²) >= 11 is 5.16. The minimum absolute atomic E-state index is 0.144. The molecule has 0 aromatic heterocycles. The lowest BCUT2D eigenvalue weighted by Gasteiger charge is -2.09. The normalized spacial score (nSPS) is 14.6. The molecule has 1 heterocycles. The first-order chi connectivity index (χ1) is 12.7. The van der Waals surface area contributed by atoms with Crippen molar-refractivity contribution in [3.8, 4) is 6.07 Å². The number of hydrogen-bond donors (Lipinski definition) is 0. The van der Waals surface area contributed by atoms with Crippen LogP contribution in [-0.4, -0.2) is 11.6 Å². The number of carbonyl (C=O) groups excluding carboxylic acids is 1. The predicted octanol–water partition coefficient (Wildman–Crippen LogP) is 5.37. The van der Waals surface area contributed by atoms with Gasteiger partial charge in [-0.25, -0.2) is 4.99 Å². The molecule has 0 saturated heterocycles. The molecule has 1 aliphatic heterocycles. The maximum Gasteiger partial charge on any atom is 0.288 e. The summed E-state index contributed by atoms with van der Waals surface area (Å²) < 4.78 is 1.05. The summed E-state index contributed by atoms with van der Waals surface area (Å²) in [5, 5.41) is 11.6. The molecular formula is C21H9BrN2OS. The standard InChI is InChI=1S/C21H9BrN2OS/c22-11-4-6-12(7-5-11)26-17-9-8-14-18-13(17)2-1-3-15(18)20-19(14)16(10-23)21(25)24-20/h1-9H. The van der Waals surface area contributed by atoms with Gasteiger partial charge in [0.05, 0.1) is 5.71 Å². The Labute approximate surface area is 162 Å². The molecule has 3 nitrogen and oxygen atoms in total. The molecule has 0 radical (unpaired) electrons. The second-order valence-corrected chi connectivity index (χ2v) is 8.05. The third kappa shape index (κ3) is 2.13. The molecule has 122 valence electrons. The van der Waals surface area contributed by atoms with Gasteiger partial charge in [-0.05, 0) is 41.3 Å². The van der Waals surface area contributed by atoms with Crippen LogP contribution in [0.1, 0.15) is 11.1 Å². The van der Waals surface area contributed by atoms with Crippen molar-refractivity contribution in [2.24, 2.45) is 4.99 Å². The molecule has 0 spiro atoms. The quantitative estimate of drug-likeness (QED) is 0.563. The number of hydrogen-bond acceptors (Lipinski definition) is 3. The van der Waals surface area contributed by atoms with E-state index >= 15 is 0 Å². The molecule has 0 N–H and O–H groups in total. The Morgan fingerprint density at radius 3 is 2.58 bits per heavy atom. The highest BCUT2D eigenvalue weighted by Gasteiger charge is 2.36. The smallest absolute Gasteiger partial charge is 0.266 e. The molecule has 0 bridgehead atoms. The third-order valence-corrected chi connectivity index (χ3v) is 6.20. The van der Waals surface area contributed by atoms with E-state index < -0.39 is 5.91 Å². The van der Waals surface area contributed by atoms with Crippen molar-refractivity contribution in [2.45, 2.75) is 9.79 Å². The zero-order valence-corrected chi connectivity index (χ0v) is 15.7. The average molecular weight is 417 g/mol. The van der Waals surface area contributed by atoms with Gasteiger partial charge >= 0.3 is 0 Å². The Morgan fingerprint density at radius 1 is 1.00 bits per heavy atom. The number of amides is 1. The number of fused-ring (bicyclic) bond motifs is 3. The maximum absolute atomic E-state index is 12.0. The zero-order valence-electron chi connectivity index (χ0n) is 13.3. The number of nitriles is 1. The lowest BCUT2D eigenvalue weighted by atomic mass is 10.0. The fourth-order valence-corrected chi connectivity index (χ4v) is 4.71. The second kappa shape index (κ2) is 5.66. The first-order valence-corrected chi connectivity index (χ1v) is 9.56. The fourth-order valence-electron chi connectivity index (χ4n) is 3.50. The van der Waals surface area contributed by atoms with Crippen LogP contribution in [0.15, 0.2) is 79.4 Å². The van der Waals surface area contributed by atoms with Crippen molar-refractivity contribution in [1.29, 1.82) is 5.26 Å². The Hall–Kier alpha value is -2.68. The van der Waals surface area contributed by atoms with Crippen LogP contribution >= 0.6 is 27.7 Å². The van der Waals surface area contributed by atoms with E-state index in [0.717, 1.165) is 36.2 Å². The first kappa shape index (κ1) is 15.6. The summed E-state index contributed by atoms with van der Waals surface area (Å²) in [6.07, 6.45) is 0. The van der Waals surface area contributed by atoms with Crippen LogP contribution in [0.2, 0.25) is 0 Å². The molecule has 0 unspecified atom stereocenters. The highest BCUT2D eigenvalue weighted by molar-refractivity contribution is 9.10. The molecule has 0 fully saturated rings. The van der Waals surface area contributed by atoms with Crippen molar-refractivity contribution in [3.05, 3.63) is 75.8 Å². The second-order valence-electron chi connectivity index (χ2n) is 6.02. The Morgan fingerprint density at radius 2 is 1.81 bits per heavy atom. The fraction of sp³-hybridized carbons (Fsp3) is 0. The monoisotopic (exact) mass is 416 g/mol. The van der Waals surface area contributed by atoms with Crippen molar-refractivity contribution >= 4 is 55.7 Å². The topological polar surface area (TPSA) is 53.2 Å². The Balaban J connectivity index is 1.73. The number of allylic oxidation sites excluding steroid dienone is 1. The van der Waals surface area contributed by atoms with Crippen LogP contribution in [0.25, 0.3) is 16.3 Å². The van der Waals surface area contributed by atoms with Gasteiger partial charge in [-0.1, -0.05) is 52.0 Å². The van der Waals surface area contributed by atoms with Crippen LogP contribution in [-0.2, 0) is 4.79 Å². The van der Waals surface area contributed by atoms with E-state index in [0.29, 0.717) is 11.3 Å². The minimum Gasteiger partial charge on any atom is -0.266 e. The highest BCUT2D eigenvalue weighted by Crippen LogP contribution is 2.46. The van der Waals surface area contributed by atoms with Gasteiger partial charge in [0.15, 0.2) is 0 Å². The van der Waals surface area contributed by atoms with Crippen molar-refractivity contribution in [2.75, 3.05) is 0 Å². The largest absolute Gasteiger partial charge is 0.288 e. The molecule has 0 saturated carbocycles. The molecule has 3 aromatic carbocycles. The number of carbonyl (C=O) groups is 1. The van der Waals surface area contributed by atoms with Gasteiger partial charge in [-0.3, -0.25) is 4.79 Å². The van der Waals surface area contributed by atoms with Gasteiger partial charge in [0, 0.05) is 30.8 Å². The minimum atomic E-state index is -0.437. The Bertz CT molecular complexity index is 1230. The van der Waals surface area contributed by atoms with Gasteiger partial charge < -0.3 is 0 Å². The van der Waals surface area contributed by atoms with E-state index in [-0.39, 0.29) is 5.57 Å². The molecule has 0 atom stereocenters. The number of benzene rings is 3. The summed E-state index contributed by atoms with van der Waals surface area (Å²) in [5.41, 5.74) is 3.33. The summed E-state index contributed by atoms with van der Waals surface area (Å²) in [6.45, 7) is 0. The summed E-state index contributed by atoms with van der Waals surface area (Å²) in [6, 6.07) is 20.3.